The van der Waals surface area contributed by atoms with Crippen LogP contribution in [0.3, 0.4) is 0 Å². The van der Waals surface area contributed by atoms with E-state index in [1.54, 1.807) is 0 Å². The number of hydrogen-bond donors (Lipinski definition) is 0. The molecule has 0 N–H and O–H groups in total. The molecule has 0 bridgehead atoms. The molecule has 3 aliphatic carbocycles. The van der Waals surface area contributed by atoms with Crippen molar-refractivity contribution in [2.45, 2.75) is 83.1 Å². The van der Waals surface area contributed by atoms with E-state index in [4.69, 9.17) is 0 Å². The zero-order valence-electron chi connectivity index (χ0n) is 41.6. The summed E-state index contributed by atoms with van der Waals surface area (Å²) in [6.45, 7) is 14.5. The van der Waals surface area contributed by atoms with Crippen LogP contribution in [0.15, 0.2) is 199 Å². The fourth-order valence-electron chi connectivity index (χ4n) is 13.9. The van der Waals surface area contributed by atoms with E-state index >= 15 is 0 Å². The molecule has 2 nitrogen and oxygen atoms in total. The van der Waals surface area contributed by atoms with E-state index in [1.807, 2.05) is 0 Å². The maximum absolute atomic E-state index is 2.66. The first kappa shape index (κ1) is 42.2. The second-order valence-electron chi connectivity index (χ2n) is 22.3. The lowest BCUT2D eigenvalue weighted by Gasteiger charge is -2.45. The molecule has 2 heteroatoms. The molecular weight excluding hydrogens is 857 g/mol. The van der Waals surface area contributed by atoms with Crippen LogP contribution >= 0.6 is 0 Å². The molecule has 14 rings (SSSR count). The molecule has 1 atom stereocenters. The van der Waals surface area contributed by atoms with Crippen molar-refractivity contribution in [2.24, 2.45) is 0 Å². The highest BCUT2D eigenvalue weighted by Crippen LogP contribution is 2.55. The smallest absolute Gasteiger partial charge is 0.0566 e. The van der Waals surface area contributed by atoms with Gasteiger partial charge in [-0.2, -0.15) is 0 Å². The molecule has 71 heavy (non-hydrogen) atoms. The largest absolute Gasteiger partial charge is 0.334 e. The quantitative estimate of drug-likeness (QED) is 0.174. The number of fused-ring (bicyclic) bond motifs is 9. The van der Waals surface area contributed by atoms with Gasteiger partial charge >= 0.3 is 0 Å². The van der Waals surface area contributed by atoms with Gasteiger partial charge in [-0.1, -0.05) is 199 Å². The van der Waals surface area contributed by atoms with Gasteiger partial charge in [-0.05, 0) is 160 Å². The molecule has 5 aliphatic rings. The first-order chi connectivity index (χ1) is 34.5. The number of hydrogen-bond acceptors (Lipinski definition) is 2. The van der Waals surface area contributed by atoms with Crippen molar-refractivity contribution in [3.63, 3.8) is 0 Å². The van der Waals surface area contributed by atoms with Gasteiger partial charge in [0.25, 0.3) is 0 Å². The first-order valence-electron chi connectivity index (χ1n) is 25.8. The van der Waals surface area contributed by atoms with Crippen molar-refractivity contribution in [3.05, 3.63) is 238 Å². The van der Waals surface area contributed by atoms with Gasteiger partial charge in [0.1, 0.15) is 0 Å². The topological polar surface area (TPSA) is 6.48 Å². The molecule has 1 unspecified atom stereocenters. The van der Waals surface area contributed by atoms with Crippen LogP contribution in [0.2, 0.25) is 0 Å². The Labute approximate surface area is 418 Å². The Morgan fingerprint density at radius 3 is 1.85 bits per heavy atom. The van der Waals surface area contributed by atoms with Crippen molar-refractivity contribution in [2.75, 3.05) is 9.80 Å². The molecule has 2 heterocycles. The van der Waals surface area contributed by atoms with Crippen LogP contribution in [-0.4, -0.2) is 6.04 Å². The van der Waals surface area contributed by atoms with Crippen molar-refractivity contribution < 1.29 is 0 Å². The Kier molecular flexibility index (Phi) is 9.02. The fraction of sp³-hybridized carbons (Fsp3) is 0.188. The summed E-state index contributed by atoms with van der Waals surface area (Å²) >= 11 is 0. The van der Waals surface area contributed by atoms with Gasteiger partial charge in [0.05, 0.1) is 11.7 Å². The van der Waals surface area contributed by atoms with Gasteiger partial charge in [-0.15, -0.1) is 0 Å². The van der Waals surface area contributed by atoms with Gasteiger partial charge < -0.3 is 9.80 Å². The van der Waals surface area contributed by atoms with E-state index in [0.29, 0.717) is 0 Å². The summed E-state index contributed by atoms with van der Waals surface area (Å²) in [4.78, 5) is 5.24. The molecule has 0 saturated heterocycles. The van der Waals surface area contributed by atoms with E-state index in [-0.39, 0.29) is 22.3 Å². The summed E-state index contributed by atoms with van der Waals surface area (Å²) in [6.07, 6.45) is 13.0. The minimum Gasteiger partial charge on any atom is -0.334 e. The monoisotopic (exact) mass is 914 g/mol. The summed E-state index contributed by atoms with van der Waals surface area (Å²) in [6, 6.07) is 67.2. The SMILES string of the molecule is CC1(C)C2=C(C=CCC2)N(c2ccc3c(-c4cccc5c4-c4ccccc4C5(C)C)c4c(c(-c5ccc6ccccc6c5)c3c2)=CCC(N2c3ccccc3C(C)(C)c3ccccc32)C=4)c2ccccc21. The van der Waals surface area contributed by atoms with E-state index in [2.05, 4.69) is 252 Å². The summed E-state index contributed by atoms with van der Waals surface area (Å²) < 4.78 is 0. The molecule has 0 fully saturated rings. The average Bonchev–Trinajstić information content (AvgIpc) is 3.64. The van der Waals surface area contributed by atoms with Crippen molar-refractivity contribution in [1.29, 1.82) is 0 Å². The van der Waals surface area contributed by atoms with Gasteiger partial charge in [0, 0.05) is 39.0 Å². The Balaban J connectivity index is 1.12. The van der Waals surface area contributed by atoms with Gasteiger partial charge in [0.15, 0.2) is 0 Å². The number of para-hydroxylation sites is 3. The number of anilines is 4. The maximum Gasteiger partial charge on any atom is 0.0566 e. The van der Waals surface area contributed by atoms with E-state index < -0.39 is 0 Å². The molecule has 9 aromatic rings. The predicted molar refractivity (Wildman–Crippen MR) is 301 cm³/mol. The summed E-state index contributed by atoms with van der Waals surface area (Å²) in [5.41, 5.74) is 22.3. The van der Waals surface area contributed by atoms with Gasteiger partial charge in [-0.25, -0.2) is 0 Å². The van der Waals surface area contributed by atoms with Gasteiger partial charge in [-0.3, -0.25) is 0 Å². The van der Waals surface area contributed by atoms with Crippen molar-refractivity contribution in [3.8, 4) is 33.4 Å². The van der Waals surface area contributed by atoms with Crippen molar-refractivity contribution in [1.82, 2.24) is 0 Å². The zero-order chi connectivity index (χ0) is 48.0. The van der Waals surface area contributed by atoms with Gasteiger partial charge in [0.2, 0.25) is 0 Å². The molecule has 0 saturated carbocycles. The van der Waals surface area contributed by atoms with Crippen LogP contribution in [0.5, 0.6) is 0 Å². The first-order valence-corrected chi connectivity index (χ1v) is 25.8. The van der Waals surface area contributed by atoms with E-state index in [0.717, 1.165) is 19.3 Å². The summed E-state index contributed by atoms with van der Waals surface area (Å²) in [5, 5.41) is 7.68. The molecule has 2 aliphatic heterocycles. The van der Waals surface area contributed by atoms with Crippen LogP contribution in [-0.2, 0) is 16.2 Å². The van der Waals surface area contributed by atoms with Crippen LogP contribution in [0.4, 0.5) is 22.7 Å². The Bertz CT molecular complexity index is 3920. The Morgan fingerprint density at radius 1 is 0.465 bits per heavy atom. The molecular formula is C69H58N2. The third-order valence-corrected chi connectivity index (χ3v) is 17.4. The predicted octanol–water partition coefficient (Wildman–Crippen LogP) is 16.5. The number of allylic oxidation sites excluding steroid dienone is 3. The Morgan fingerprint density at radius 2 is 1.08 bits per heavy atom. The third-order valence-electron chi connectivity index (χ3n) is 17.4. The maximum atomic E-state index is 2.66. The number of rotatable bonds is 4. The second-order valence-corrected chi connectivity index (χ2v) is 22.3. The van der Waals surface area contributed by atoms with Crippen molar-refractivity contribution >= 4 is 56.4 Å². The summed E-state index contributed by atoms with van der Waals surface area (Å²) in [5.74, 6) is 0. The molecule has 0 amide bonds. The highest BCUT2D eigenvalue weighted by Gasteiger charge is 2.41. The number of nitrogens with zero attached hydrogens (tertiary/aromatic N) is 2. The molecule has 9 aromatic carbocycles. The highest BCUT2D eigenvalue weighted by atomic mass is 15.2. The average molecular weight is 915 g/mol. The van der Waals surface area contributed by atoms with Crippen LogP contribution in [0.25, 0.3) is 67.1 Å². The fourth-order valence-corrected chi connectivity index (χ4v) is 13.9. The lowest BCUT2D eigenvalue weighted by atomic mass is 9.70. The van der Waals surface area contributed by atoms with Crippen LogP contribution in [0, 0.1) is 0 Å². The minimum atomic E-state index is -0.142. The number of benzene rings is 9. The normalized spacial score (nSPS) is 18.4. The molecule has 0 radical (unpaired) electrons. The summed E-state index contributed by atoms with van der Waals surface area (Å²) in [7, 11) is 0. The Hall–Kier alpha value is -7.68. The van der Waals surface area contributed by atoms with E-state index in [9.17, 15) is 0 Å². The lowest BCUT2D eigenvalue weighted by molar-refractivity contribution is 0.571. The zero-order valence-corrected chi connectivity index (χ0v) is 41.6. The minimum absolute atomic E-state index is 0.0676. The molecule has 344 valence electrons. The van der Waals surface area contributed by atoms with Crippen LogP contribution in [0.1, 0.15) is 88.6 Å². The highest BCUT2D eigenvalue weighted by molar-refractivity contribution is 6.11. The molecule has 0 spiro atoms. The van der Waals surface area contributed by atoms with E-state index in [1.165, 1.54) is 127 Å². The van der Waals surface area contributed by atoms with Crippen LogP contribution < -0.4 is 20.2 Å². The standard InChI is InChI=1S/C69H58N2/c1-67(2)54-24-10-9-22-50(54)66-51(23-19-29-59(66)67)65-49-39-37-46(70-60-30-15-11-25-55(60)68(3,4)56-26-12-16-31-61(56)70)41-52(49)64(45-35-34-43-20-7-8-21-44(43)40-45)48-38-36-47(42-53(48)65)71-62-32-17-13-27-57(62)69(5,6)58-28-14-18-33-63(58)71/h7-11,13-25,27-35,37-42,47H,12,26,36H2,1-6H3. The lowest BCUT2D eigenvalue weighted by Crippen LogP contribution is -2.43. The third kappa shape index (κ3) is 5.94. The second kappa shape index (κ2) is 15.2. The molecule has 0 aromatic heterocycles.